The molecular weight excluding hydrogens is 431 g/mol. The number of hydrazine groups is 1. The number of benzene rings is 1. The molecule has 33 heavy (non-hydrogen) atoms. The number of carbonyl (C=O) groups is 1. The van der Waals surface area contributed by atoms with Crippen molar-refractivity contribution in [3.63, 3.8) is 0 Å². The number of likely N-dealkylation sites (tertiary alicyclic amines) is 1. The van der Waals surface area contributed by atoms with E-state index in [4.69, 9.17) is 0 Å². The minimum absolute atomic E-state index is 0.0464. The van der Waals surface area contributed by atoms with E-state index in [0.717, 1.165) is 56.9 Å². The second-order valence-corrected chi connectivity index (χ2v) is 10.1. The van der Waals surface area contributed by atoms with Gasteiger partial charge in [0.25, 0.3) is 0 Å². The van der Waals surface area contributed by atoms with E-state index in [0.29, 0.717) is 13.0 Å². The van der Waals surface area contributed by atoms with Crippen molar-refractivity contribution in [3.8, 4) is 0 Å². The van der Waals surface area contributed by atoms with Crippen molar-refractivity contribution in [3.05, 3.63) is 35.4 Å². The van der Waals surface area contributed by atoms with Crippen LogP contribution in [0.25, 0.3) is 0 Å². The summed E-state index contributed by atoms with van der Waals surface area (Å²) in [5.41, 5.74) is 8.74. The van der Waals surface area contributed by atoms with Gasteiger partial charge in [0.1, 0.15) is 6.54 Å². The van der Waals surface area contributed by atoms with Gasteiger partial charge in [-0.3, -0.25) is 20.5 Å². The lowest BCUT2D eigenvalue weighted by Gasteiger charge is -2.50. The third kappa shape index (κ3) is 4.92. The zero-order valence-corrected chi connectivity index (χ0v) is 18.9. The molecule has 0 aromatic heterocycles. The molecule has 1 saturated carbocycles. The second kappa shape index (κ2) is 9.52. The van der Waals surface area contributed by atoms with E-state index in [9.17, 15) is 18.0 Å². The largest absolute Gasteiger partial charge is 0.406 e. The first-order valence-electron chi connectivity index (χ1n) is 12.3. The average molecular weight is 466 g/mol. The van der Waals surface area contributed by atoms with Crippen LogP contribution in [0.2, 0.25) is 0 Å². The molecule has 5 atom stereocenters. The molecule has 4 aliphatic rings. The number of alkyl halides is 3. The van der Waals surface area contributed by atoms with Gasteiger partial charge in [-0.05, 0) is 61.7 Å². The monoisotopic (exact) mass is 465 g/mol. The predicted octanol–water partition coefficient (Wildman–Crippen LogP) is 2.23. The number of amides is 1. The number of nitrogens with one attached hydrogen (secondary N) is 3. The number of hydrogen-bond donors (Lipinski definition) is 3. The van der Waals surface area contributed by atoms with Gasteiger partial charge in [-0.2, -0.15) is 13.2 Å². The third-order valence-corrected chi connectivity index (χ3v) is 8.03. The van der Waals surface area contributed by atoms with Gasteiger partial charge < -0.3 is 10.2 Å². The molecule has 3 saturated heterocycles. The van der Waals surface area contributed by atoms with E-state index >= 15 is 0 Å². The summed E-state index contributed by atoms with van der Waals surface area (Å²) >= 11 is 0. The van der Waals surface area contributed by atoms with Crippen LogP contribution < -0.4 is 16.2 Å². The summed E-state index contributed by atoms with van der Waals surface area (Å²) in [5.74, 6) is -0.552. The molecule has 3 N–H and O–H groups in total. The molecule has 0 radical (unpaired) electrons. The van der Waals surface area contributed by atoms with Crippen molar-refractivity contribution >= 4 is 5.91 Å². The number of carbonyl (C=O) groups excluding carboxylic acids is 1. The Morgan fingerprint density at radius 1 is 1.09 bits per heavy atom. The van der Waals surface area contributed by atoms with E-state index in [1.807, 2.05) is 6.07 Å². The molecule has 1 amide bonds. The summed E-state index contributed by atoms with van der Waals surface area (Å²) in [4.78, 5) is 16.7. The molecule has 182 valence electrons. The minimum atomic E-state index is -4.39. The highest BCUT2D eigenvalue weighted by atomic mass is 19.4. The number of nitrogens with zero attached hydrogens (tertiary/aromatic N) is 2. The van der Waals surface area contributed by atoms with Crippen LogP contribution in [0.4, 0.5) is 13.2 Å². The van der Waals surface area contributed by atoms with Crippen molar-refractivity contribution in [2.24, 2.45) is 11.8 Å². The highest BCUT2D eigenvalue weighted by molar-refractivity contribution is 5.82. The van der Waals surface area contributed by atoms with Crippen LogP contribution in [0.5, 0.6) is 0 Å². The van der Waals surface area contributed by atoms with Gasteiger partial charge in [-0.15, -0.1) is 0 Å². The molecular formula is C24H34F3N5O. The Balaban J connectivity index is 1.38. The predicted molar refractivity (Wildman–Crippen MR) is 119 cm³/mol. The second-order valence-electron chi connectivity index (χ2n) is 10.1. The number of fused-ring (bicyclic) bond motifs is 3. The van der Waals surface area contributed by atoms with E-state index in [-0.39, 0.29) is 29.8 Å². The maximum atomic E-state index is 13.5. The average Bonchev–Trinajstić information content (AvgIpc) is 3.15. The summed E-state index contributed by atoms with van der Waals surface area (Å²) in [6.07, 6.45) is -0.908. The number of halogens is 3. The molecule has 0 spiro atoms. The molecule has 3 heterocycles. The number of rotatable bonds is 4. The van der Waals surface area contributed by atoms with Crippen LogP contribution in [0.15, 0.2) is 24.3 Å². The van der Waals surface area contributed by atoms with E-state index < -0.39 is 18.6 Å². The van der Waals surface area contributed by atoms with E-state index in [1.54, 1.807) is 0 Å². The molecule has 1 aliphatic carbocycles. The zero-order chi connectivity index (χ0) is 23.0. The Morgan fingerprint density at radius 2 is 1.94 bits per heavy atom. The van der Waals surface area contributed by atoms with Crippen LogP contribution in [-0.4, -0.2) is 73.2 Å². The fourth-order valence-corrected chi connectivity index (χ4v) is 6.53. The summed E-state index contributed by atoms with van der Waals surface area (Å²) in [7, 11) is 0. The molecule has 0 bridgehead atoms. The van der Waals surface area contributed by atoms with E-state index in [2.05, 4.69) is 39.3 Å². The quantitative estimate of drug-likeness (QED) is 0.637. The van der Waals surface area contributed by atoms with Crippen molar-refractivity contribution in [1.82, 2.24) is 26.0 Å². The van der Waals surface area contributed by atoms with Gasteiger partial charge in [0.05, 0.1) is 5.92 Å². The van der Waals surface area contributed by atoms with Gasteiger partial charge in [0, 0.05) is 38.3 Å². The van der Waals surface area contributed by atoms with Gasteiger partial charge in [0.15, 0.2) is 0 Å². The molecule has 9 heteroatoms. The van der Waals surface area contributed by atoms with Crippen molar-refractivity contribution < 1.29 is 18.0 Å². The maximum Gasteiger partial charge on any atom is 0.406 e. The van der Waals surface area contributed by atoms with Crippen LogP contribution >= 0.6 is 0 Å². The first-order chi connectivity index (χ1) is 15.9. The van der Waals surface area contributed by atoms with Crippen LogP contribution in [-0.2, 0) is 11.3 Å². The lowest BCUT2D eigenvalue weighted by atomic mass is 9.67. The highest BCUT2D eigenvalue weighted by Gasteiger charge is 2.54. The Kier molecular flexibility index (Phi) is 6.66. The zero-order valence-electron chi connectivity index (χ0n) is 18.9. The molecule has 3 aliphatic heterocycles. The molecule has 6 nitrogen and oxygen atoms in total. The van der Waals surface area contributed by atoms with Crippen molar-refractivity contribution in [2.45, 2.75) is 56.4 Å². The highest BCUT2D eigenvalue weighted by Crippen LogP contribution is 2.46. The normalized spacial score (nSPS) is 33.5. The molecule has 5 rings (SSSR count). The Hall–Kier alpha value is -1.68. The summed E-state index contributed by atoms with van der Waals surface area (Å²) < 4.78 is 40.4. The third-order valence-electron chi connectivity index (χ3n) is 8.03. The molecule has 5 unspecified atom stereocenters. The fraction of sp³-hybridized carbons (Fsp3) is 0.708. The van der Waals surface area contributed by atoms with Gasteiger partial charge >= 0.3 is 6.18 Å². The topological polar surface area (TPSA) is 59.6 Å². The molecule has 1 aromatic carbocycles. The Labute approximate surface area is 193 Å². The fourth-order valence-electron chi connectivity index (χ4n) is 6.53. The van der Waals surface area contributed by atoms with Crippen LogP contribution in [0.1, 0.15) is 42.7 Å². The van der Waals surface area contributed by atoms with Crippen molar-refractivity contribution in [1.29, 1.82) is 0 Å². The standard InChI is InChI=1S/C24H34F3N5O/c25-24(26,27)15-32-21-12-16(6-7-19(21)22-20(23(32)33)13-29-30-22)18-5-2-1-4-17(18)14-31-10-3-8-28-9-11-31/h1-2,4-5,16,19-22,28-30H,3,6-15H2. The smallest absolute Gasteiger partial charge is 0.330 e. The number of piperidine rings is 1. The molecule has 1 aromatic rings. The first-order valence-corrected chi connectivity index (χ1v) is 12.3. The minimum Gasteiger partial charge on any atom is -0.330 e. The lowest BCUT2D eigenvalue weighted by Crippen LogP contribution is -2.63. The van der Waals surface area contributed by atoms with Gasteiger partial charge in [-0.1, -0.05) is 24.3 Å². The lowest BCUT2D eigenvalue weighted by molar-refractivity contribution is -0.178. The summed E-state index contributed by atoms with van der Waals surface area (Å²) in [5, 5.41) is 3.44. The van der Waals surface area contributed by atoms with Gasteiger partial charge in [-0.25, -0.2) is 0 Å². The maximum absolute atomic E-state index is 13.5. The molecule has 4 fully saturated rings. The van der Waals surface area contributed by atoms with Crippen LogP contribution in [0.3, 0.4) is 0 Å². The van der Waals surface area contributed by atoms with E-state index in [1.165, 1.54) is 11.1 Å². The Bertz CT molecular complexity index is 842. The van der Waals surface area contributed by atoms with Crippen LogP contribution in [0, 0.1) is 11.8 Å². The first kappa shape index (κ1) is 23.1. The SMILES string of the molecule is O=C1C2CNNC2C2CCC(c3ccccc3CN3CCCNCC3)CC2N1CC(F)(F)F. The summed E-state index contributed by atoms with van der Waals surface area (Å²) in [6.45, 7) is 4.18. The van der Waals surface area contributed by atoms with Gasteiger partial charge in [0.2, 0.25) is 5.91 Å². The Morgan fingerprint density at radius 3 is 2.79 bits per heavy atom. The van der Waals surface area contributed by atoms with Crippen molar-refractivity contribution in [2.75, 3.05) is 39.3 Å². The number of hydrogen-bond acceptors (Lipinski definition) is 5. The summed E-state index contributed by atoms with van der Waals surface area (Å²) in [6, 6.07) is 7.94.